The quantitative estimate of drug-likeness (QED) is 0.319. The molecule has 2 unspecified atom stereocenters. The van der Waals surface area contributed by atoms with E-state index in [0.717, 1.165) is 0 Å². The zero-order chi connectivity index (χ0) is 24.5. The number of hydrogen-bond donors (Lipinski definition) is 1. The van der Waals surface area contributed by atoms with Crippen molar-refractivity contribution in [2.45, 2.75) is 25.9 Å². The lowest BCUT2D eigenvalue weighted by atomic mass is 9.98. The van der Waals surface area contributed by atoms with Crippen LogP contribution >= 0.6 is 0 Å². The number of nitrogens with one attached hydrogen (secondary N) is 1. The van der Waals surface area contributed by atoms with Crippen LogP contribution in [0.25, 0.3) is 0 Å². The van der Waals surface area contributed by atoms with Crippen LogP contribution in [0.4, 0.5) is 4.79 Å². The van der Waals surface area contributed by atoms with Gasteiger partial charge in [-0.15, -0.1) is 0 Å². The van der Waals surface area contributed by atoms with Crippen LogP contribution in [-0.2, 0) is 23.9 Å². The molecule has 0 bridgehead atoms. The molecule has 2 amide bonds. The molecule has 0 spiro atoms. The summed E-state index contributed by atoms with van der Waals surface area (Å²) in [5.74, 6) is -0.708. The van der Waals surface area contributed by atoms with Gasteiger partial charge in [0.25, 0.3) is 5.91 Å². The number of rotatable bonds is 10. The molecule has 0 aromatic heterocycles. The molecule has 10 heteroatoms. The maximum absolute atomic E-state index is 12.8. The molecule has 3 rings (SSSR count). The van der Waals surface area contributed by atoms with Gasteiger partial charge in [-0.2, -0.15) is 0 Å². The number of benzene rings is 2. The fourth-order valence-corrected chi connectivity index (χ4v) is 3.32. The van der Waals surface area contributed by atoms with Crippen molar-refractivity contribution in [1.29, 1.82) is 0 Å². The first-order valence-corrected chi connectivity index (χ1v) is 10.8. The topological polar surface area (TPSA) is 120 Å². The lowest BCUT2D eigenvalue weighted by Crippen LogP contribution is -2.65. The Bertz CT molecular complexity index is 1010. The minimum atomic E-state index is -1.00. The van der Waals surface area contributed by atoms with Crippen molar-refractivity contribution in [2.24, 2.45) is 0 Å². The minimum Gasteiger partial charge on any atom is -0.484 e. The Kier molecular flexibility index (Phi) is 8.44. The third-order valence-corrected chi connectivity index (χ3v) is 4.89. The Morgan fingerprint density at radius 3 is 2.26 bits per heavy atom. The van der Waals surface area contributed by atoms with Gasteiger partial charge in [0.05, 0.1) is 19.8 Å². The summed E-state index contributed by atoms with van der Waals surface area (Å²) >= 11 is 0. The van der Waals surface area contributed by atoms with E-state index in [0.29, 0.717) is 11.3 Å². The molecule has 0 radical (unpaired) electrons. The Balaban J connectivity index is 1.61. The summed E-state index contributed by atoms with van der Waals surface area (Å²) < 4.78 is 20.3. The molecule has 1 N–H and O–H groups in total. The van der Waals surface area contributed by atoms with Crippen molar-refractivity contribution in [1.82, 2.24) is 10.2 Å². The van der Waals surface area contributed by atoms with Gasteiger partial charge >= 0.3 is 12.1 Å². The highest BCUT2D eigenvalue weighted by atomic mass is 16.7. The first-order valence-electron chi connectivity index (χ1n) is 10.8. The van der Waals surface area contributed by atoms with Gasteiger partial charge in [-0.1, -0.05) is 30.3 Å². The largest absolute Gasteiger partial charge is 0.513 e. The molecule has 0 saturated carbocycles. The van der Waals surface area contributed by atoms with Crippen LogP contribution in [0.5, 0.6) is 11.5 Å². The number of ether oxygens (including phenoxy) is 4. The van der Waals surface area contributed by atoms with E-state index in [2.05, 4.69) is 5.32 Å². The molecular weight excluding hydrogens is 444 g/mol. The highest BCUT2D eigenvalue weighted by Gasteiger charge is 2.45. The third-order valence-electron chi connectivity index (χ3n) is 4.89. The van der Waals surface area contributed by atoms with Crippen LogP contribution in [0.2, 0.25) is 0 Å². The maximum atomic E-state index is 12.8. The molecule has 1 saturated heterocycles. The van der Waals surface area contributed by atoms with Crippen LogP contribution in [0.15, 0.2) is 54.6 Å². The highest BCUT2D eigenvalue weighted by molar-refractivity contribution is 5.96. The molecule has 1 fully saturated rings. The van der Waals surface area contributed by atoms with Crippen molar-refractivity contribution in [2.75, 3.05) is 26.4 Å². The summed E-state index contributed by atoms with van der Waals surface area (Å²) in [6, 6.07) is 13.2. The molecular formula is C24H26N2O8. The van der Waals surface area contributed by atoms with Gasteiger partial charge in [-0.05, 0) is 43.7 Å². The van der Waals surface area contributed by atoms with E-state index in [1.54, 1.807) is 50.2 Å². The van der Waals surface area contributed by atoms with Gasteiger partial charge in [0.15, 0.2) is 12.6 Å². The molecule has 1 aliphatic rings. The maximum Gasteiger partial charge on any atom is 0.513 e. The minimum absolute atomic E-state index is 0.125. The average molecular weight is 470 g/mol. The number of esters is 1. The summed E-state index contributed by atoms with van der Waals surface area (Å²) in [5, 5.41) is 2.61. The number of amides is 2. The summed E-state index contributed by atoms with van der Waals surface area (Å²) in [6.45, 7) is 3.52. The van der Waals surface area contributed by atoms with E-state index < -0.39 is 36.0 Å². The van der Waals surface area contributed by atoms with Crippen molar-refractivity contribution in [3.8, 4) is 11.5 Å². The summed E-state index contributed by atoms with van der Waals surface area (Å²) in [5.41, 5.74) is 0.472. The lowest BCUT2D eigenvalue weighted by Gasteiger charge is -2.42. The zero-order valence-electron chi connectivity index (χ0n) is 18.9. The average Bonchev–Trinajstić information content (AvgIpc) is 2.83. The molecule has 2 aromatic carbocycles. The zero-order valence-corrected chi connectivity index (χ0v) is 18.9. The summed E-state index contributed by atoms with van der Waals surface area (Å²) in [4.78, 5) is 50.3. The van der Waals surface area contributed by atoms with Gasteiger partial charge in [-0.25, -0.2) is 9.59 Å². The Hall–Kier alpha value is -4.08. The molecule has 1 aliphatic heterocycles. The summed E-state index contributed by atoms with van der Waals surface area (Å²) in [7, 11) is 0. The predicted molar refractivity (Wildman–Crippen MR) is 119 cm³/mol. The number of para-hydroxylation sites is 1. The number of nitrogens with zero attached hydrogens (tertiary/aromatic N) is 1. The monoisotopic (exact) mass is 470 g/mol. The molecule has 2 aromatic rings. The number of likely N-dealkylation sites (tertiary alicyclic amines) is 1. The first kappa shape index (κ1) is 24.6. The number of carbonyl (C=O) groups excluding carboxylic acids is 4. The second kappa shape index (κ2) is 11.7. The van der Waals surface area contributed by atoms with Gasteiger partial charge < -0.3 is 29.2 Å². The molecule has 34 heavy (non-hydrogen) atoms. The fraction of sp³-hybridized carbons (Fsp3) is 0.333. The smallest absolute Gasteiger partial charge is 0.484 e. The van der Waals surface area contributed by atoms with E-state index in [9.17, 15) is 19.2 Å². The van der Waals surface area contributed by atoms with Crippen LogP contribution in [0.1, 0.15) is 25.5 Å². The van der Waals surface area contributed by atoms with Crippen molar-refractivity contribution in [3.05, 3.63) is 60.2 Å². The molecule has 2 atom stereocenters. The highest BCUT2D eigenvalue weighted by Crippen LogP contribution is 2.30. The van der Waals surface area contributed by atoms with Crippen molar-refractivity contribution in [3.63, 3.8) is 0 Å². The van der Waals surface area contributed by atoms with E-state index in [1.807, 2.05) is 6.07 Å². The number of hydrogen-bond acceptors (Lipinski definition) is 8. The fourth-order valence-electron chi connectivity index (χ4n) is 3.32. The van der Waals surface area contributed by atoms with E-state index in [1.165, 1.54) is 17.0 Å². The van der Waals surface area contributed by atoms with E-state index in [-0.39, 0.29) is 32.1 Å². The molecule has 0 aliphatic carbocycles. The van der Waals surface area contributed by atoms with Crippen LogP contribution < -0.4 is 14.8 Å². The van der Waals surface area contributed by atoms with Crippen LogP contribution in [0.3, 0.4) is 0 Å². The van der Waals surface area contributed by atoms with E-state index in [4.69, 9.17) is 18.9 Å². The Labute approximate surface area is 196 Å². The normalized spacial score (nSPS) is 15.5. The van der Waals surface area contributed by atoms with Crippen molar-refractivity contribution < 1.29 is 38.1 Å². The standard InChI is InChI=1S/C24H26N2O8/c1-3-31-23(29)21(16-10-12-18(13-11-16)34-24(30)32-4-2)26-14-19(22(26)28)25-20(27)15-33-17-8-6-5-7-9-17/h5-13,19,21H,3-4,14-15H2,1-2H3,(H,25,27). The van der Waals surface area contributed by atoms with Crippen LogP contribution in [0, 0.1) is 0 Å². The lowest BCUT2D eigenvalue weighted by molar-refractivity contribution is -0.163. The number of carbonyl (C=O) groups is 4. The Morgan fingerprint density at radius 1 is 0.971 bits per heavy atom. The van der Waals surface area contributed by atoms with Gasteiger partial charge in [0.1, 0.15) is 17.5 Å². The molecule has 1 heterocycles. The summed E-state index contributed by atoms with van der Waals surface area (Å²) in [6.07, 6.45) is -0.843. The van der Waals surface area contributed by atoms with Gasteiger partial charge in [-0.3, -0.25) is 9.59 Å². The SMILES string of the molecule is CCOC(=O)Oc1ccc(C(C(=O)OCC)N2CC(NC(=O)COc3ccccc3)C2=O)cc1. The van der Waals surface area contributed by atoms with Gasteiger partial charge in [0.2, 0.25) is 5.91 Å². The van der Waals surface area contributed by atoms with Crippen molar-refractivity contribution >= 4 is 23.9 Å². The third kappa shape index (κ3) is 6.25. The first-order chi connectivity index (χ1) is 16.4. The molecule has 180 valence electrons. The van der Waals surface area contributed by atoms with Gasteiger partial charge in [0, 0.05) is 0 Å². The predicted octanol–water partition coefficient (Wildman–Crippen LogP) is 2.23. The van der Waals surface area contributed by atoms with Crippen LogP contribution in [-0.4, -0.2) is 61.2 Å². The second-order valence-corrected chi connectivity index (χ2v) is 7.22. The Morgan fingerprint density at radius 2 is 1.65 bits per heavy atom. The second-order valence-electron chi connectivity index (χ2n) is 7.22. The van der Waals surface area contributed by atoms with E-state index >= 15 is 0 Å². The number of β-lactam (4-membered cyclic amide) rings is 1. The molecule has 10 nitrogen and oxygen atoms in total.